The minimum absolute atomic E-state index is 0.0726. The number of carbonyl (C=O) groups excluding carboxylic acids is 2. The van der Waals surface area contributed by atoms with Crippen LogP contribution in [0.2, 0.25) is 0 Å². The number of hydrogen-bond donors (Lipinski definition) is 2. The van der Waals surface area contributed by atoms with Crippen LogP contribution in [0.3, 0.4) is 0 Å². The predicted molar refractivity (Wildman–Crippen MR) is 103 cm³/mol. The quantitative estimate of drug-likeness (QED) is 0.561. The van der Waals surface area contributed by atoms with Crippen LogP contribution in [0.5, 0.6) is 5.75 Å². The molecule has 0 aliphatic carbocycles. The zero-order valence-electron chi connectivity index (χ0n) is 16.5. The smallest absolute Gasteiger partial charge is 0.407 e. The van der Waals surface area contributed by atoms with E-state index in [0.29, 0.717) is 6.29 Å². The molecular formula is C20H31N3O4. The van der Waals surface area contributed by atoms with Crippen molar-refractivity contribution in [3.05, 3.63) is 23.5 Å². The molecule has 0 atom stereocenters. The molecule has 0 spiro atoms. The summed E-state index contributed by atoms with van der Waals surface area (Å²) < 4.78 is 5.31. The third-order valence-corrected chi connectivity index (χ3v) is 4.54. The van der Waals surface area contributed by atoms with E-state index in [1.54, 1.807) is 6.07 Å². The number of ether oxygens (including phenoxy) is 1. The second-order valence-corrected chi connectivity index (χ2v) is 8.04. The number of pyridine rings is 1. The predicted octanol–water partition coefficient (Wildman–Crippen LogP) is 2.91. The van der Waals surface area contributed by atoms with Gasteiger partial charge in [-0.25, -0.2) is 9.78 Å². The first-order valence-corrected chi connectivity index (χ1v) is 9.63. The van der Waals surface area contributed by atoms with E-state index >= 15 is 0 Å². The van der Waals surface area contributed by atoms with E-state index in [2.05, 4.69) is 15.2 Å². The van der Waals surface area contributed by atoms with Gasteiger partial charge < -0.3 is 20.1 Å². The fourth-order valence-corrected chi connectivity index (χ4v) is 3.15. The van der Waals surface area contributed by atoms with Crippen molar-refractivity contribution in [2.45, 2.75) is 64.5 Å². The Labute approximate surface area is 161 Å². The van der Waals surface area contributed by atoms with E-state index in [-0.39, 0.29) is 23.6 Å². The van der Waals surface area contributed by atoms with Crippen molar-refractivity contribution in [2.75, 3.05) is 19.6 Å². The van der Waals surface area contributed by atoms with E-state index in [1.807, 2.05) is 20.8 Å². The molecule has 27 heavy (non-hydrogen) atoms. The monoisotopic (exact) mass is 377 g/mol. The lowest BCUT2D eigenvalue weighted by atomic mass is 10.0. The Morgan fingerprint density at radius 3 is 2.67 bits per heavy atom. The maximum atomic E-state index is 11.8. The van der Waals surface area contributed by atoms with Gasteiger partial charge in [0.1, 0.15) is 17.0 Å². The number of rotatable bonds is 7. The molecule has 150 valence electrons. The number of amides is 1. The normalized spacial score (nSPS) is 16.1. The van der Waals surface area contributed by atoms with Gasteiger partial charge in [-0.15, -0.1) is 0 Å². The lowest BCUT2D eigenvalue weighted by molar-refractivity contribution is 0.0478. The molecule has 1 fully saturated rings. The summed E-state index contributed by atoms with van der Waals surface area (Å²) >= 11 is 0. The third kappa shape index (κ3) is 7.54. The molecule has 1 amide bonds. The average Bonchev–Trinajstić information content (AvgIpc) is 2.59. The first-order chi connectivity index (χ1) is 12.8. The topological polar surface area (TPSA) is 91.8 Å². The van der Waals surface area contributed by atoms with Crippen LogP contribution in [0.4, 0.5) is 4.79 Å². The Bertz CT molecular complexity index is 635. The van der Waals surface area contributed by atoms with E-state index in [9.17, 15) is 14.7 Å². The van der Waals surface area contributed by atoms with Gasteiger partial charge in [-0.05, 0) is 71.6 Å². The summed E-state index contributed by atoms with van der Waals surface area (Å²) in [5, 5.41) is 12.4. The molecule has 0 unspecified atom stereocenters. The number of alkyl carbamates (subject to hydrolysis) is 1. The summed E-state index contributed by atoms with van der Waals surface area (Å²) in [7, 11) is 0. The van der Waals surface area contributed by atoms with E-state index in [4.69, 9.17) is 4.74 Å². The summed E-state index contributed by atoms with van der Waals surface area (Å²) in [5.74, 6) is -0.0726. The fraction of sp³-hybridized carbons (Fsp3) is 0.650. The van der Waals surface area contributed by atoms with Gasteiger partial charge in [0.2, 0.25) is 0 Å². The Balaban J connectivity index is 1.62. The van der Waals surface area contributed by atoms with Crippen LogP contribution in [0, 0.1) is 0 Å². The summed E-state index contributed by atoms with van der Waals surface area (Å²) in [6.45, 7) is 8.53. The number of unbranched alkanes of at least 4 members (excludes halogenated alkanes) is 1. The number of carbonyl (C=O) groups is 2. The molecule has 0 bridgehead atoms. The molecule has 0 aromatic carbocycles. The summed E-state index contributed by atoms with van der Waals surface area (Å²) in [6, 6.07) is 3.46. The third-order valence-electron chi connectivity index (χ3n) is 4.54. The van der Waals surface area contributed by atoms with Crippen molar-refractivity contribution >= 4 is 12.4 Å². The molecule has 0 saturated carbocycles. The van der Waals surface area contributed by atoms with Gasteiger partial charge in [0, 0.05) is 24.8 Å². The van der Waals surface area contributed by atoms with E-state index in [0.717, 1.165) is 57.4 Å². The highest BCUT2D eigenvalue weighted by Gasteiger charge is 2.23. The Kier molecular flexibility index (Phi) is 7.59. The highest BCUT2D eigenvalue weighted by Crippen LogP contribution is 2.16. The maximum absolute atomic E-state index is 11.8. The van der Waals surface area contributed by atoms with E-state index in [1.165, 1.54) is 6.07 Å². The fourth-order valence-electron chi connectivity index (χ4n) is 3.15. The highest BCUT2D eigenvalue weighted by molar-refractivity contribution is 5.75. The van der Waals surface area contributed by atoms with Gasteiger partial charge in [-0.2, -0.15) is 0 Å². The minimum atomic E-state index is -0.469. The van der Waals surface area contributed by atoms with Crippen molar-refractivity contribution < 1.29 is 19.4 Å². The van der Waals surface area contributed by atoms with Crippen LogP contribution in [-0.4, -0.2) is 58.6 Å². The van der Waals surface area contributed by atoms with Gasteiger partial charge in [-0.3, -0.25) is 4.79 Å². The summed E-state index contributed by atoms with van der Waals surface area (Å²) in [5.41, 5.74) is 0.464. The minimum Gasteiger partial charge on any atom is -0.506 e. The van der Waals surface area contributed by atoms with Crippen LogP contribution >= 0.6 is 0 Å². The number of likely N-dealkylation sites (tertiary alicyclic amines) is 1. The summed E-state index contributed by atoms with van der Waals surface area (Å²) in [6.07, 6.45) is 4.92. The first-order valence-electron chi connectivity index (χ1n) is 9.63. The molecule has 7 nitrogen and oxygen atoms in total. The summed E-state index contributed by atoms with van der Waals surface area (Å²) in [4.78, 5) is 29.2. The second kappa shape index (κ2) is 9.69. The van der Waals surface area contributed by atoms with Crippen LogP contribution in [-0.2, 0) is 11.2 Å². The van der Waals surface area contributed by atoms with Crippen LogP contribution < -0.4 is 5.32 Å². The van der Waals surface area contributed by atoms with Crippen molar-refractivity contribution in [1.29, 1.82) is 0 Å². The average molecular weight is 377 g/mol. The zero-order chi connectivity index (χ0) is 19.9. The van der Waals surface area contributed by atoms with Gasteiger partial charge in [0.15, 0.2) is 6.29 Å². The largest absolute Gasteiger partial charge is 0.506 e. The highest BCUT2D eigenvalue weighted by atomic mass is 16.6. The number of hydrogen-bond acceptors (Lipinski definition) is 6. The number of aldehydes is 1. The lowest BCUT2D eigenvalue weighted by Gasteiger charge is -2.32. The number of nitrogens with one attached hydrogen (secondary N) is 1. The molecular weight excluding hydrogens is 346 g/mol. The number of aryl methyl sites for hydroxylation is 1. The van der Waals surface area contributed by atoms with Crippen molar-refractivity contribution in [1.82, 2.24) is 15.2 Å². The molecule has 7 heteroatoms. The molecule has 1 aromatic rings. The van der Waals surface area contributed by atoms with Crippen LogP contribution in [0.15, 0.2) is 12.1 Å². The molecule has 0 radical (unpaired) electrons. The van der Waals surface area contributed by atoms with Crippen molar-refractivity contribution in [2.24, 2.45) is 0 Å². The molecule has 1 saturated heterocycles. The van der Waals surface area contributed by atoms with Gasteiger partial charge in [-0.1, -0.05) is 0 Å². The lowest BCUT2D eigenvalue weighted by Crippen LogP contribution is -2.46. The van der Waals surface area contributed by atoms with Crippen molar-refractivity contribution in [3.63, 3.8) is 0 Å². The molecule has 1 aliphatic heterocycles. The Hall–Kier alpha value is -2.15. The first kappa shape index (κ1) is 21.2. The zero-order valence-corrected chi connectivity index (χ0v) is 16.5. The van der Waals surface area contributed by atoms with Gasteiger partial charge >= 0.3 is 6.09 Å². The molecule has 1 aromatic heterocycles. The standard InChI is InChI=1S/C20H31N3O4/c1-20(2,3)27-19(26)22-16-9-12-23(13-10-16)11-5-4-6-15-7-8-18(25)17(14-24)21-15/h7-8,14,16,25H,4-6,9-13H2,1-3H3,(H,22,26). The SMILES string of the molecule is CC(C)(C)OC(=O)NC1CCN(CCCCc2ccc(O)c(C=O)n2)CC1. The Morgan fingerprint density at radius 1 is 1.33 bits per heavy atom. The number of aromatic hydroxyl groups is 1. The van der Waals surface area contributed by atoms with Gasteiger partial charge in [0.25, 0.3) is 0 Å². The number of aromatic nitrogens is 1. The second-order valence-electron chi connectivity index (χ2n) is 8.04. The van der Waals surface area contributed by atoms with Crippen LogP contribution in [0.25, 0.3) is 0 Å². The number of nitrogens with zero attached hydrogens (tertiary/aromatic N) is 2. The molecule has 2 N–H and O–H groups in total. The van der Waals surface area contributed by atoms with Crippen molar-refractivity contribution in [3.8, 4) is 5.75 Å². The molecule has 2 heterocycles. The van der Waals surface area contributed by atoms with E-state index < -0.39 is 5.60 Å². The molecule has 1 aliphatic rings. The Morgan fingerprint density at radius 2 is 2.04 bits per heavy atom. The van der Waals surface area contributed by atoms with Gasteiger partial charge in [0.05, 0.1) is 0 Å². The maximum Gasteiger partial charge on any atom is 0.407 e. The van der Waals surface area contributed by atoms with Crippen LogP contribution in [0.1, 0.15) is 62.6 Å². The number of piperidine rings is 1. The molecule has 2 rings (SSSR count).